The Hall–Kier alpha value is -0.610. The molecule has 0 aromatic rings. The van der Waals surface area contributed by atoms with Crippen molar-refractivity contribution in [2.75, 3.05) is 26.9 Å². The summed E-state index contributed by atoms with van der Waals surface area (Å²) < 4.78 is 9.51. The molecule has 0 radical (unpaired) electrons. The molecule has 1 N–H and O–H groups in total. The van der Waals surface area contributed by atoms with E-state index >= 15 is 0 Å². The van der Waals surface area contributed by atoms with Crippen molar-refractivity contribution in [1.29, 1.82) is 0 Å². The minimum Gasteiger partial charge on any atom is -0.463 e. The standard InChI is InChI=1S/C8H16O4/c1-8(2,6-9)7(10)12-5-4-11-3/h9H,4-6H2,1-3H3. The van der Waals surface area contributed by atoms with Gasteiger partial charge in [0.1, 0.15) is 6.61 Å². The Morgan fingerprint density at radius 1 is 1.42 bits per heavy atom. The molecule has 0 saturated carbocycles. The first-order valence-electron chi connectivity index (χ1n) is 3.81. The van der Waals surface area contributed by atoms with Crippen molar-refractivity contribution in [3.05, 3.63) is 0 Å². The average Bonchev–Trinajstić information content (AvgIpc) is 2.05. The summed E-state index contributed by atoms with van der Waals surface area (Å²) in [5.41, 5.74) is -0.812. The number of esters is 1. The molecule has 0 spiro atoms. The lowest BCUT2D eigenvalue weighted by atomic mass is 9.95. The second kappa shape index (κ2) is 5.11. The molecule has 0 atom stereocenters. The number of ether oxygens (including phenoxy) is 2. The zero-order valence-electron chi connectivity index (χ0n) is 7.79. The average molecular weight is 176 g/mol. The van der Waals surface area contributed by atoms with Crippen LogP contribution < -0.4 is 0 Å². The molecule has 0 aliphatic carbocycles. The molecule has 4 heteroatoms. The van der Waals surface area contributed by atoms with Gasteiger partial charge in [0.25, 0.3) is 0 Å². The first-order chi connectivity index (χ1) is 5.54. The lowest BCUT2D eigenvalue weighted by molar-refractivity contribution is -0.157. The molecular formula is C8H16O4. The van der Waals surface area contributed by atoms with Gasteiger partial charge in [0.05, 0.1) is 18.6 Å². The van der Waals surface area contributed by atoms with Crippen molar-refractivity contribution in [2.45, 2.75) is 13.8 Å². The fraction of sp³-hybridized carbons (Fsp3) is 0.875. The molecule has 72 valence electrons. The van der Waals surface area contributed by atoms with Crippen molar-refractivity contribution < 1.29 is 19.4 Å². The number of hydrogen-bond donors (Lipinski definition) is 1. The number of aliphatic hydroxyl groups excluding tert-OH is 1. The van der Waals surface area contributed by atoms with E-state index in [9.17, 15) is 4.79 Å². The van der Waals surface area contributed by atoms with Crippen LogP contribution in [0, 0.1) is 5.41 Å². The van der Waals surface area contributed by atoms with Gasteiger partial charge in [-0.2, -0.15) is 0 Å². The van der Waals surface area contributed by atoms with Gasteiger partial charge in [0.15, 0.2) is 0 Å². The topological polar surface area (TPSA) is 55.8 Å². The number of methoxy groups -OCH3 is 1. The highest BCUT2D eigenvalue weighted by Gasteiger charge is 2.28. The summed E-state index contributed by atoms with van der Waals surface area (Å²) in [6.07, 6.45) is 0. The third-order valence-corrected chi connectivity index (χ3v) is 1.47. The van der Waals surface area contributed by atoms with E-state index in [2.05, 4.69) is 0 Å². The highest BCUT2D eigenvalue weighted by molar-refractivity contribution is 5.75. The number of hydrogen-bond acceptors (Lipinski definition) is 4. The second-order valence-corrected chi connectivity index (χ2v) is 3.17. The quantitative estimate of drug-likeness (QED) is 0.480. The van der Waals surface area contributed by atoms with Gasteiger partial charge in [-0.15, -0.1) is 0 Å². The van der Waals surface area contributed by atoms with Crippen LogP contribution in [0.3, 0.4) is 0 Å². The fourth-order valence-electron chi connectivity index (χ4n) is 0.478. The minimum absolute atomic E-state index is 0.210. The summed E-state index contributed by atoms with van der Waals surface area (Å²) in [6, 6.07) is 0. The monoisotopic (exact) mass is 176 g/mol. The van der Waals surface area contributed by atoms with Crippen LogP contribution in [0.1, 0.15) is 13.8 Å². The third-order valence-electron chi connectivity index (χ3n) is 1.47. The third kappa shape index (κ3) is 3.69. The van der Waals surface area contributed by atoms with Gasteiger partial charge in [-0.1, -0.05) is 0 Å². The Bertz CT molecular complexity index is 142. The lowest BCUT2D eigenvalue weighted by Gasteiger charge is -2.18. The lowest BCUT2D eigenvalue weighted by Crippen LogP contribution is -2.31. The molecule has 0 unspecified atom stereocenters. The zero-order valence-corrected chi connectivity index (χ0v) is 7.79. The summed E-state index contributed by atoms with van der Waals surface area (Å²) in [4.78, 5) is 11.1. The predicted molar refractivity (Wildman–Crippen MR) is 43.7 cm³/mol. The molecule has 0 fully saturated rings. The zero-order chi connectivity index (χ0) is 9.61. The molecular weight excluding hydrogens is 160 g/mol. The molecule has 4 nitrogen and oxygen atoms in total. The van der Waals surface area contributed by atoms with E-state index in [1.54, 1.807) is 13.8 Å². The van der Waals surface area contributed by atoms with Crippen molar-refractivity contribution in [3.63, 3.8) is 0 Å². The molecule has 0 saturated heterocycles. The maximum absolute atomic E-state index is 11.1. The van der Waals surface area contributed by atoms with Crippen molar-refractivity contribution in [2.24, 2.45) is 5.41 Å². The van der Waals surface area contributed by atoms with E-state index in [0.717, 1.165) is 0 Å². The number of aliphatic hydroxyl groups is 1. The Labute approximate surface area is 72.5 Å². The van der Waals surface area contributed by atoms with Crippen LogP contribution in [0.15, 0.2) is 0 Å². The van der Waals surface area contributed by atoms with E-state index in [4.69, 9.17) is 14.6 Å². The summed E-state index contributed by atoms with van der Waals surface area (Å²) in [7, 11) is 1.53. The summed E-state index contributed by atoms with van der Waals surface area (Å²) in [5.74, 6) is -0.401. The summed E-state index contributed by atoms with van der Waals surface area (Å²) in [5, 5.41) is 8.79. The SMILES string of the molecule is COCCOC(=O)C(C)(C)CO. The fourth-order valence-corrected chi connectivity index (χ4v) is 0.478. The summed E-state index contributed by atoms with van der Waals surface area (Å²) >= 11 is 0. The molecule has 12 heavy (non-hydrogen) atoms. The van der Waals surface area contributed by atoms with Crippen molar-refractivity contribution in [3.8, 4) is 0 Å². The Kier molecular flexibility index (Phi) is 4.85. The van der Waals surface area contributed by atoms with E-state index in [-0.39, 0.29) is 13.2 Å². The van der Waals surface area contributed by atoms with Gasteiger partial charge in [0, 0.05) is 7.11 Å². The van der Waals surface area contributed by atoms with Gasteiger partial charge in [-0.05, 0) is 13.8 Å². The molecule has 0 aliphatic rings. The molecule has 0 heterocycles. The Balaban J connectivity index is 3.72. The number of carbonyl (C=O) groups excluding carboxylic acids is 1. The van der Waals surface area contributed by atoms with Gasteiger partial charge in [-0.25, -0.2) is 0 Å². The summed E-state index contributed by atoms with van der Waals surface area (Å²) in [6.45, 7) is 3.66. The van der Waals surface area contributed by atoms with E-state index in [1.165, 1.54) is 7.11 Å². The van der Waals surface area contributed by atoms with Gasteiger partial charge in [0.2, 0.25) is 0 Å². The van der Waals surface area contributed by atoms with Crippen LogP contribution >= 0.6 is 0 Å². The maximum Gasteiger partial charge on any atom is 0.313 e. The van der Waals surface area contributed by atoms with Crippen LogP contribution in [0.5, 0.6) is 0 Å². The minimum atomic E-state index is -0.812. The van der Waals surface area contributed by atoms with Gasteiger partial charge >= 0.3 is 5.97 Å². The van der Waals surface area contributed by atoms with E-state index in [1.807, 2.05) is 0 Å². The smallest absolute Gasteiger partial charge is 0.313 e. The number of rotatable bonds is 5. The van der Waals surface area contributed by atoms with Crippen LogP contribution in [0.25, 0.3) is 0 Å². The van der Waals surface area contributed by atoms with Gasteiger partial charge in [-0.3, -0.25) is 4.79 Å². The molecule has 0 amide bonds. The highest BCUT2D eigenvalue weighted by atomic mass is 16.6. The second-order valence-electron chi connectivity index (χ2n) is 3.17. The highest BCUT2D eigenvalue weighted by Crippen LogP contribution is 2.15. The van der Waals surface area contributed by atoms with E-state index in [0.29, 0.717) is 6.61 Å². The largest absolute Gasteiger partial charge is 0.463 e. The van der Waals surface area contributed by atoms with Crippen LogP contribution in [0.2, 0.25) is 0 Å². The molecule has 0 aromatic heterocycles. The molecule has 0 aromatic carbocycles. The Morgan fingerprint density at radius 2 is 2.00 bits per heavy atom. The molecule has 0 aliphatic heterocycles. The maximum atomic E-state index is 11.1. The van der Waals surface area contributed by atoms with Crippen molar-refractivity contribution >= 4 is 5.97 Å². The molecule has 0 rings (SSSR count). The first kappa shape index (κ1) is 11.4. The van der Waals surface area contributed by atoms with E-state index < -0.39 is 11.4 Å². The molecule has 0 bridgehead atoms. The number of carbonyl (C=O) groups is 1. The van der Waals surface area contributed by atoms with Crippen LogP contribution in [-0.4, -0.2) is 38.0 Å². The normalized spacial score (nSPS) is 11.3. The Morgan fingerprint density at radius 3 is 2.42 bits per heavy atom. The van der Waals surface area contributed by atoms with Crippen LogP contribution in [-0.2, 0) is 14.3 Å². The first-order valence-corrected chi connectivity index (χ1v) is 3.81. The van der Waals surface area contributed by atoms with Crippen molar-refractivity contribution in [1.82, 2.24) is 0 Å². The van der Waals surface area contributed by atoms with Gasteiger partial charge < -0.3 is 14.6 Å². The predicted octanol–water partition coefficient (Wildman–Crippen LogP) is 0.194. The van der Waals surface area contributed by atoms with Crippen LogP contribution in [0.4, 0.5) is 0 Å².